The van der Waals surface area contributed by atoms with Crippen LogP contribution in [0.3, 0.4) is 0 Å². The predicted octanol–water partition coefficient (Wildman–Crippen LogP) is 2.23. The van der Waals surface area contributed by atoms with E-state index in [-0.39, 0.29) is 0 Å². The van der Waals surface area contributed by atoms with Gasteiger partial charge in [0, 0.05) is 19.3 Å². The topological polar surface area (TPSA) is 52.0 Å². The van der Waals surface area contributed by atoms with Crippen molar-refractivity contribution in [3.05, 3.63) is 11.9 Å². The molecular weight excluding hydrogens is 240 g/mol. The number of ether oxygens (including phenoxy) is 1. The lowest BCUT2D eigenvalue weighted by molar-refractivity contribution is 0.117. The SMILES string of the molecule is CCCNCc1cn(CCOCCCC(C)C)nn1. The molecule has 1 heterocycles. The van der Waals surface area contributed by atoms with Crippen LogP contribution >= 0.6 is 0 Å². The summed E-state index contributed by atoms with van der Waals surface area (Å²) in [6, 6.07) is 0. The van der Waals surface area contributed by atoms with Crippen LogP contribution in [0.4, 0.5) is 0 Å². The zero-order valence-corrected chi connectivity index (χ0v) is 12.6. The van der Waals surface area contributed by atoms with Gasteiger partial charge in [-0.1, -0.05) is 26.0 Å². The molecule has 0 saturated carbocycles. The summed E-state index contributed by atoms with van der Waals surface area (Å²) in [5, 5.41) is 11.5. The van der Waals surface area contributed by atoms with Crippen molar-refractivity contribution in [2.45, 2.75) is 53.1 Å². The number of aromatic nitrogens is 3. The highest BCUT2D eigenvalue weighted by Crippen LogP contribution is 2.03. The van der Waals surface area contributed by atoms with Gasteiger partial charge in [-0.3, -0.25) is 0 Å². The van der Waals surface area contributed by atoms with Gasteiger partial charge < -0.3 is 10.1 Å². The molecule has 0 radical (unpaired) electrons. The van der Waals surface area contributed by atoms with E-state index in [0.29, 0.717) is 6.61 Å². The van der Waals surface area contributed by atoms with Crippen molar-refractivity contribution in [2.24, 2.45) is 5.92 Å². The first kappa shape index (κ1) is 16.1. The molecule has 19 heavy (non-hydrogen) atoms. The Hall–Kier alpha value is -0.940. The van der Waals surface area contributed by atoms with Crippen molar-refractivity contribution in [1.82, 2.24) is 20.3 Å². The van der Waals surface area contributed by atoms with Crippen molar-refractivity contribution >= 4 is 0 Å². The maximum absolute atomic E-state index is 5.59. The molecule has 0 aliphatic heterocycles. The normalized spacial score (nSPS) is 11.4. The van der Waals surface area contributed by atoms with Crippen LogP contribution in [0, 0.1) is 5.92 Å². The van der Waals surface area contributed by atoms with E-state index < -0.39 is 0 Å². The second kappa shape index (κ2) is 9.92. The summed E-state index contributed by atoms with van der Waals surface area (Å²) in [5.74, 6) is 0.761. The molecular formula is C14H28N4O. The Morgan fingerprint density at radius 2 is 2.21 bits per heavy atom. The third-order valence-corrected chi connectivity index (χ3v) is 2.85. The lowest BCUT2D eigenvalue weighted by Gasteiger charge is -2.05. The minimum absolute atomic E-state index is 0.712. The molecule has 0 aliphatic carbocycles. The van der Waals surface area contributed by atoms with Gasteiger partial charge in [0.25, 0.3) is 0 Å². The van der Waals surface area contributed by atoms with Gasteiger partial charge in [0.05, 0.1) is 18.8 Å². The molecule has 0 aromatic carbocycles. The Morgan fingerprint density at radius 1 is 1.37 bits per heavy atom. The fourth-order valence-corrected chi connectivity index (χ4v) is 1.78. The Bertz CT molecular complexity index is 325. The molecule has 5 heteroatoms. The lowest BCUT2D eigenvalue weighted by atomic mass is 10.1. The Kier molecular flexibility index (Phi) is 8.41. The molecule has 1 rings (SSSR count). The monoisotopic (exact) mass is 268 g/mol. The van der Waals surface area contributed by atoms with Gasteiger partial charge in [-0.15, -0.1) is 5.10 Å². The minimum Gasteiger partial charge on any atom is -0.380 e. The summed E-state index contributed by atoms with van der Waals surface area (Å²) in [4.78, 5) is 0. The van der Waals surface area contributed by atoms with Crippen LogP contribution in [-0.2, 0) is 17.8 Å². The van der Waals surface area contributed by atoms with Gasteiger partial charge in [0.15, 0.2) is 0 Å². The van der Waals surface area contributed by atoms with Crippen LogP contribution in [-0.4, -0.2) is 34.8 Å². The molecule has 0 amide bonds. The maximum atomic E-state index is 5.59. The van der Waals surface area contributed by atoms with E-state index in [1.807, 2.05) is 10.9 Å². The molecule has 0 spiro atoms. The van der Waals surface area contributed by atoms with Crippen molar-refractivity contribution in [1.29, 1.82) is 0 Å². The molecule has 0 aliphatic rings. The van der Waals surface area contributed by atoms with Crippen molar-refractivity contribution < 1.29 is 4.74 Å². The van der Waals surface area contributed by atoms with E-state index >= 15 is 0 Å². The van der Waals surface area contributed by atoms with Crippen LogP contribution in [0.5, 0.6) is 0 Å². The summed E-state index contributed by atoms with van der Waals surface area (Å²) in [7, 11) is 0. The third-order valence-electron chi connectivity index (χ3n) is 2.85. The van der Waals surface area contributed by atoms with E-state index in [1.54, 1.807) is 0 Å². The molecule has 1 aromatic rings. The predicted molar refractivity (Wildman–Crippen MR) is 76.9 cm³/mol. The second-order valence-electron chi connectivity index (χ2n) is 5.30. The highest BCUT2D eigenvalue weighted by atomic mass is 16.5. The van der Waals surface area contributed by atoms with Crippen LogP contribution in [0.15, 0.2) is 6.20 Å². The first-order valence-corrected chi connectivity index (χ1v) is 7.39. The third kappa shape index (κ3) is 7.95. The van der Waals surface area contributed by atoms with Gasteiger partial charge in [-0.25, -0.2) is 4.68 Å². The quantitative estimate of drug-likeness (QED) is 0.625. The van der Waals surface area contributed by atoms with Crippen molar-refractivity contribution in [2.75, 3.05) is 19.8 Å². The molecule has 5 nitrogen and oxygen atoms in total. The van der Waals surface area contributed by atoms with Crippen LogP contribution < -0.4 is 5.32 Å². The van der Waals surface area contributed by atoms with Crippen molar-refractivity contribution in [3.63, 3.8) is 0 Å². The summed E-state index contributed by atoms with van der Waals surface area (Å²) >= 11 is 0. The van der Waals surface area contributed by atoms with E-state index in [1.165, 1.54) is 6.42 Å². The van der Waals surface area contributed by atoms with Gasteiger partial charge in [0.1, 0.15) is 0 Å². The molecule has 1 aromatic heterocycles. The first-order chi connectivity index (χ1) is 9.22. The Labute approximate surface area is 116 Å². The van der Waals surface area contributed by atoms with Crippen LogP contribution in [0.25, 0.3) is 0 Å². The number of hydrogen-bond acceptors (Lipinski definition) is 4. The fourth-order valence-electron chi connectivity index (χ4n) is 1.78. The Morgan fingerprint density at radius 3 is 2.95 bits per heavy atom. The Balaban J connectivity index is 2.06. The van der Waals surface area contributed by atoms with E-state index in [0.717, 1.165) is 50.7 Å². The lowest BCUT2D eigenvalue weighted by Crippen LogP contribution is -2.14. The van der Waals surface area contributed by atoms with Crippen LogP contribution in [0.2, 0.25) is 0 Å². The highest BCUT2D eigenvalue weighted by molar-refractivity contribution is 4.91. The van der Waals surface area contributed by atoms with Gasteiger partial charge in [-0.2, -0.15) is 0 Å². The molecule has 0 bridgehead atoms. The second-order valence-corrected chi connectivity index (χ2v) is 5.30. The summed E-state index contributed by atoms with van der Waals surface area (Å²) in [6.07, 6.45) is 5.50. The van der Waals surface area contributed by atoms with E-state index in [2.05, 4.69) is 36.4 Å². The van der Waals surface area contributed by atoms with E-state index in [4.69, 9.17) is 4.74 Å². The zero-order valence-electron chi connectivity index (χ0n) is 12.6. The summed E-state index contributed by atoms with van der Waals surface area (Å²) in [5.41, 5.74) is 0.994. The smallest absolute Gasteiger partial charge is 0.0964 e. The number of nitrogens with zero attached hydrogens (tertiary/aromatic N) is 3. The van der Waals surface area contributed by atoms with Gasteiger partial charge in [-0.05, 0) is 31.7 Å². The molecule has 0 atom stereocenters. The van der Waals surface area contributed by atoms with E-state index in [9.17, 15) is 0 Å². The van der Waals surface area contributed by atoms with Crippen LogP contribution in [0.1, 0.15) is 45.7 Å². The molecule has 110 valence electrons. The summed E-state index contributed by atoms with van der Waals surface area (Å²) < 4.78 is 7.44. The standard InChI is InChI=1S/C14H28N4O/c1-4-7-15-11-14-12-18(17-16-14)8-10-19-9-5-6-13(2)3/h12-13,15H,4-11H2,1-3H3. The number of nitrogens with one attached hydrogen (secondary N) is 1. The average Bonchev–Trinajstić information content (AvgIpc) is 2.81. The molecule has 0 fully saturated rings. The molecule has 0 saturated heterocycles. The molecule has 0 unspecified atom stereocenters. The number of rotatable bonds is 11. The largest absolute Gasteiger partial charge is 0.380 e. The van der Waals surface area contributed by atoms with Gasteiger partial charge >= 0.3 is 0 Å². The zero-order chi connectivity index (χ0) is 13.9. The van der Waals surface area contributed by atoms with Crippen molar-refractivity contribution in [3.8, 4) is 0 Å². The number of hydrogen-bond donors (Lipinski definition) is 1. The minimum atomic E-state index is 0.712. The van der Waals surface area contributed by atoms with Gasteiger partial charge in [0.2, 0.25) is 0 Å². The average molecular weight is 268 g/mol. The first-order valence-electron chi connectivity index (χ1n) is 7.39. The maximum Gasteiger partial charge on any atom is 0.0964 e. The highest BCUT2D eigenvalue weighted by Gasteiger charge is 2.00. The fraction of sp³-hybridized carbons (Fsp3) is 0.857. The summed E-state index contributed by atoms with van der Waals surface area (Å²) in [6.45, 7) is 10.8. The molecule has 1 N–H and O–H groups in total.